The lowest BCUT2D eigenvalue weighted by Gasteiger charge is -2.27. The molecule has 1 heterocycles. The Morgan fingerprint density at radius 1 is 1.47 bits per heavy atom. The van der Waals surface area contributed by atoms with E-state index in [0.717, 1.165) is 24.3 Å². The number of methoxy groups -OCH3 is 1. The zero-order valence-electron chi connectivity index (χ0n) is 10.1. The van der Waals surface area contributed by atoms with Crippen LogP contribution >= 0.6 is 15.9 Å². The number of hydrogen-bond donors (Lipinski definition) is 1. The van der Waals surface area contributed by atoms with Crippen LogP contribution in [0.15, 0.2) is 10.5 Å². The summed E-state index contributed by atoms with van der Waals surface area (Å²) >= 11 is 3.37. The standard InChI is InChI=1S/C13H17BrFNO/c1-8-10(15)7-9(14)13(17-2)12(8)11-5-3-4-6-16-11/h7,11,16H,3-6H2,1-2H3. The van der Waals surface area contributed by atoms with Gasteiger partial charge in [-0.2, -0.15) is 0 Å². The molecule has 0 amide bonds. The lowest BCUT2D eigenvalue weighted by molar-refractivity contribution is 0.368. The summed E-state index contributed by atoms with van der Waals surface area (Å²) in [4.78, 5) is 0. The molecule has 0 aliphatic carbocycles. The Bertz CT molecular complexity index is 416. The van der Waals surface area contributed by atoms with Crippen molar-refractivity contribution in [3.8, 4) is 5.75 Å². The molecule has 1 saturated heterocycles. The summed E-state index contributed by atoms with van der Waals surface area (Å²) in [7, 11) is 1.63. The van der Waals surface area contributed by atoms with Crippen LogP contribution in [0.25, 0.3) is 0 Å². The summed E-state index contributed by atoms with van der Waals surface area (Å²) in [5, 5.41) is 3.44. The van der Waals surface area contributed by atoms with Crippen LogP contribution in [0, 0.1) is 12.7 Å². The number of nitrogens with one attached hydrogen (secondary N) is 1. The highest BCUT2D eigenvalue weighted by Crippen LogP contribution is 2.39. The highest BCUT2D eigenvalue weighted by molar-refractivity contribution is 9.10. The zero-order chi connectivity index (χ0) is 12.4. The minimum absolute atomic E-state index is 0.181. The summed E-state index contributed by atoms with van der Waals surface area (Å²) in [5.41, 5.74) is 1.64. The molecule has 1 unspecified atom stereocenters. The van der Waals surface area contributed by atoms with E-state index in [-0.39, 0.29) is 11.9 Å². The molecule has 1 aliphatic heterocycles. The molecule has 0 bridgehead atoms. The Morgan fingerprint density at radius 3 is 2.82 bits per heavy atom. The summed E-state index contributed by atoms with van der Waals surface area (Å²) in [5.74, 6) is 0.573. The molecule has 0 aromatic heterocycles. The molecule has 1 aromatic carbocycles. The maximum atomic E-state index is 13.8. The van der Waals surface area contributed by atoms with Crippen LogP contribution in [-0.4, -0.2) is 13.7 Å². The smallest absolute Gasteiger partial charge is 0.138 e. The van der Waals surface area contributed by atoms with Gasteiger partial charge in [-0.3, -0.25) is 0 Å². The van der Waals surface area contributed by atoms with E-state index in [1.165, 1.54) is 18.9 Å². The van der Waals surface area contributed by atoms with Gasteiger partial charge in [-0.05, 0) is 53.9 Å². The van der Waals surface area contributed by atoms with Crippen LogP contribution in [0.5, 0.6) is 5.75 Å². The van der Waals surface area contributed by atoms with Crippen molar-refractivity contribution in [1.29, 1.82) is 0 Å². The third-order valence-electron chi connectivity index (χ3n) is 3.34. The van der Waals surface area contributed by atoms with Gasteiger partial charge in [0, 0.05) is 11.6 Å². The largest absolute Gasteiger partial charge is 0.495 e. The molecule has 1 aliphatic rings. The molecule has 1 atom stereocenters. The van der Waals surface area contributed by atoms with E-state index in [2.05, 4.69) is 21.2 Å². The van der Waals surface area contributed by atoms with E-state index in [1.54, 1.807) is 7.11 Å². The first-order valence-electron chi connectivity index (χ1n) is 5.91. The van der Waals surface area contributed by atoms with E-state index in [0.29, 0.717) is 10.0 Å². The van der Waals surface area contributed by atoms with Gasteiger partial charge in [0.25, 0.3) is 0 Å². The molecule has 1 N–H and O–H groups in total. The average molecular weight is 302 g/mol. The van der Waals surface area contributed by atoms with Gasteiger partial charge < -0.3 is 10.1 Å². The first-order chi connectivity index (χ1) is 8.15. The van der Waals surface area contributed by atoms with Gasteiger partial charge in [0.15, 0.2) is 0 Å². The van der Waals surface area contributed by atoms with E-state index < -0.39 is 0 Å². The summed E-state index contributed by atoms with van der Waals surface area (Å²) < 4.78 is 19.9. The average Bonchev–Trinajstić information content (AvgIpc) is 2.34. The highest BCUT2D eigenvalue weighted by atomic mass is 79.9. The lowest BCUT2D eigenvalue weighted by atomic mass is 9.93. The number of halogens is 2. The molecule has 94 valence electrons. The van der Waals surface area contributed by atoms with Gasteiger partial charge in [-0.25, -0.2) is 4.39 Å². The van der Waals surface area contributed by atoms with Crippen LogP contribution in [0.4, 0.5) is 4.39 Å². The van der Waals surface area contributed by atoms with Crippen LogP contribution in [0.1, 0.15) is 36.4 Å². The second-order valence-electron chi connectivity index (χ2n) is 4.41. The van der Waals surface area contributed by atoms with Crippen molar-refractivity contribution in [2.24, 2.45) is 0 Å². The van der Waals surface area contributed by atoms with Crippen molar-refractivity contribution in [2.75, 3.05) is 13.7 Å². The van der Waals surface area contributed by atoms with Gasteiger partial charge in [0.1, 0.15) is 11.6 Å². The monoisotopic (exact) mass is 301 g/mol. The van der Waals surface area contributed by atoms with Gasteiger partial charge >= 0.3 is 0 Å². The Labute approximate surface area is 110 Å². The first-order valence-corrected chi connectivity index (χ1v) is 6.70. The third-order valence-corrected chi connectivity index (χ3v) is 3.93. The van der Waals surface area contributed by atoms with Gasteiger partial charge in [0.2, 0.25) is 0 Å². The Morgan fingerprint density at radius 2 is 2.24 bits per heavy atom. The second-order valence-corrected chi connectivity index (χ2v) is 5.27. The second kappa shape index (κ2) is 5.36. The number of ether oxygens (including phenoxy) is 1. The predicted molar refractivity (Wildman–Crippen MR) is 70.0 cm³/mol. The molecular formula is C13H17BrFNO. The predicted octanol–water partition coefficient (Wildman–Crippen LogP) is 3.72. The number of hydrogen-bond acceptors (Lipinski definition) is 2. The SMILES string of the molecule is COc1c(Br)cc(F)c(C)c1C1CCCCN1. The maximum Gasteiger partial charge on any atom is 0.138 e. The number of benzene rings is 1. The van der Waals surface area contributed by atoms with E-state index in [4.69, 9.17) is 4.74 Å². The van der Waals surface area contributed by atoms with Crippen molar-refractivity contribution in [3.63, 3.8) is 0 Å². The lowest BCUT2D eigenvalue weighted by Crippen LogP contribution is -2.28. The van der Waals surface area contributed by atoms with Crippen molar-refractivity contribution in [1.82, 2.24) is 5.32 Å². The Kier molecular flexibility index (Phi) is 4.05. The van der Waals surface area contributed by atoms with Crippen LogP contribution in [-0.2, 0) is 0 Å². The third kappa shape index (κ3) is 2.47. The molecule has 2 nitrogen and oxygen atoms in total. The van der Waals surface area contributed by atoms with Gasteiger partial charge in [-0.1, -0.05) is 6.42 Å². The van der Waals surface area contributed by atoms with Crippen LogP contribution < -0.4 is 10.1 Å². The zero-order valence-corrected chi connectivity index (χ0v) is 11.7. The molecule has 1 aromatic rings. The van der Waals surface area contributed by atoms with E-state index in [1.807, 2.05) is 6.92 Å². The van der Waals surface area contributed by atoms with E-state index in [9.17, 15) is 4.39 Å². The number of piperidine rings is 1. The van der Waals surface area contributed by atoms with E-state index >= 15 is 0 Å². The van der Waals surface area contributed by atoms with Crippen molar-refractivity contribution in [2.45, 2.75) is 32.2 Å². The minimum Gasteiger partial charge on any atom is -0.495 e. The normalized spacial score (nSPS) is 20.4. The molecule has 1 fully saturated rings. The van der Waals surface area contributed by atoms with Gasteiger partial charge in [0.05, 0.1) is 11.6 Å². The molecule has 4 heteroatoms. The first kappa shape index (κ1) is 12.8. The fourth-order valence-electron chi connectivity index (χ4n) is 2.44. The minimum atomic E-state index is -0.181. The van der Waals surface area contributed by atoms with Crippen LogP contribution in [0.3, 0.4) is 0 Å². The van der Waals surface area contributed by atoms with Crippen molar-refractivity contribution >= 4 is 15.9 Å². The molecule has 2 rings (SSSR count). The quantitative estimate of drug-likeness (QED) is 0.899. The molecule has 0 radical (unpaired) electrons. The molecule has 17 heavy (non-hydrogen) atoms. The number of rotatable bonds is 2. The maximum absolute atomic E-state index is 13.8. The fraction of sp³-hybridized carbons (Fsp3) is 0.538. The van der Waals surface area contributed by atoms with Crippen molar-refractivity contribution in [3.05, 3.63) is 27.5 Å². The van der Waals surface area contributed by atoms with Crippen molar-refractivity contribution < 1.29 is 9.13 Å². The summed E-state index contributed by atoms with van der Waals surface area (Å²) in [6.07, 6.45) is 3.40. The topological polar surface area (TPSA) is 21.3 Å². The van der Waals surface area contributed by atoms with Gasteiger partial charge in [-0.15, -0.1) is 0 Å². The molecular weight excluding hydrogens is 285 g/mol. The Hall–Kier alpha value is -0.610. The fourth-order valence-corrected chi connectivity index (χ4v) is 3.01. The summed E-state index contributed by atoms with van der Waals surface area (Å²) in [6, 6.07) is 1.67. The molecule has 0 saturated carbocycles. The summed E-state index contributed by atoms with van der Waals surface area (Å²) in [6.45, 7) is 2.80. The molecule has 0 spiro atoms. The highest BCUT2D eigenvalue weighted by Gasteiger charge is 2.24. The Balaban J connectivity index is 2.48. The van der Waals surface area contributed by atoms with Crippen LogP contribution in [0.2, 0.25) is 0 Å².